The molecule has 0 aromatic carbocycles. The predicted molar refractivity (Wildman–Crippen MR) is 81.7 cm³/mol. The van der Waals surface area contributed by atoms with Crippen molar-refractivity contribution in [2.24, 2.45) is 14.1 Å². The summed E-state index contributed by atoms with van der Waals surface area (Å²) in [6.07, 6.45) is -1.23. The first kappa shape index (κ1) is 9.76. The van der Waals surface area contributed by atoms with Crippen molar-refractivity contribution in [3.63, 3.8) is 0 Å². The molecule has 0 fully saturated rings. The number of hydrogen-bond donors (Lipinski definition) is 0. The van der Waals surface area contributed by atoms with E-state index in [0.717, 1.165) is 4.57 Å². The molecule has 0 N–H and O–H groups in total. The highest BCUT2D eigenvalue weighted by Crippen LogP contribution is 2.13. The number of carbonyl (C=O) groups is 1. The average molecular weight is 296 g/mol. The molecule has 6 nitrogen and oxygen atoms in total. The van der Waals surface area contributed by atoms with Gasteiger partial charge in [0.25, 0.3) is 5.56 Å². The fourth-order valence-electron chi connectivity index (χ4n) is 2.57. The minimum Gasteiger partial charge on any atom is -0.336 e. The van der Waals surface area contributed by atoms with Gasteiger partial charge in [-0.1, -0.05) is 0 Å². The summed E-state index contributed by atoms with van der Waals surface area (Å²) in [5, 5.41) is 0.399. The van der Waals surface area contributed by atoms with Crippen LogP contribution in [0.2, 0.25) is 0 Å². The monoisotopic (exact) mass is 296 g/mol. The number of Topliss-reactive ketones (excluding diaryl/α,β-unsaturated/α-hetero) is 1. The van der Waals surface area contributed by atoms with Crippen molar-refractivity contribution >= 4 is 16.8 Å². The van der Waals surface area contributed by atoms with Crippen LogP contribution >= 0.6 is 0 Å². The van der Waals surface area contributed by atoms with Crippen LogP contribution in [0.15, 0.2) is 15.8 Å². The molecule has 0 spiro atoms. The molecule has 0 aliphatic carbocycles. The van der Waals surface area contributed by atoms with Gasteiger partial charge in [-0.2, -0.15) is 0 Å². The zero-order valence-corrected chi connectivity index (χ0v) is 12.3. The molecule has 0 aliphatic rings. The fourth-order valence-corrected chi connectivity index (χ4v) is 2.57. The van der Waals surface area contributed by atoms with E-state index in [4.69, 9.17) is 6.85 Å². The Morgan fingerprint density at radius 3 is 2.71 bits per heavy atom. The quantitative estimate of drug-likeness (QED) is 0.830. The van der Waals surface area contributed by atoms with E-state index in [-0.39, 0.29) is 13.0 Å². The molecule has 2 aromatic heterocycles. The Morgan fingerprint density at radius 1 is 1.33 bits per heavy atom. The van der Waals surface area contributed by atoms with E-state index in [1.165, 1.54) is 11.6 Å². The lowest BCUT2D eigenvalue weighted by Crippen LogP contribution is -2.39. The third-order valence-corrected chi connectivity index (χ3v) is 3.48. The van der Waals surface area contributed by atoms with Gasteiger partial charge in [0.1, 0.15) is 11.4 Å². The van der Waals surface area contributed by atoms with Crippen molar-refractivity contribution in [1.29, 1.82) is 0 Å². The summed E-state index contributed by atoms with van der Waals surface area (Å²) in [5.74, 6) is -1.47. The second kappa shape index (κ2) is 5.71. The molecule has 2 aromatic rings. The largest absolute Gasteiger partial charge is 0.336 e. The molecule has 0 saturated carbocycles. The lowest BCUT2D eigenvalue weighted by atomic mass is 10.2. The smallest absolute Gasteiger partial charge is 0.332 e. The molecule has 2 rings (SSSR count). The number of fused-ring (bicyclic) bond motifs is 1. The van der Waals surface area contributed by atoms with E-state index >= 15 is 0 Å². The molecular formula is C15H21N3O3. The molecule has 0 bridgehead atoms. The Balaban J connectivity index is 2.33. The average Bonchev–Trinajstić information content (AvgIpc) is 2.81. The highest BCUT2D eigenvalue weighted by molar-refractivity contribution is 5.79. The summed E-state index contributed by atoms with van der Waals surface area (Å²) in [4.78, 5) is 36.8. The second-order valence-corrected chi connectivity index (χ2v) is 5.03. The van der Waals surface area contributed by atoms with Gasteiger partial charge in [0, 0.05) is 40.1 Å². The van der Waals surface area contributed by atoms with Crippen LogP contribution in [0.1, 0.15) is 38.5 Å². The SMILES string of the molecule is [2H]C([2H])([2H])C(=O)C([2H])([2H])CCCn1c(=O)c2c(C)cn(C)c2n(C)c1=O. The summed E-state index contributed by atoms with van der Waals surface area (Å²) in [5.41, 5.74) is 0.168. The number of aromatic nitrogens is 3. The number of rotatable bonds is 5. The van der Waals surface area contributed by atoms with E-state index < -0.39 is 36.7 Å². The maximum Gasteiger partial charge on any atom is 0.332 e. The van der Waals surface area contributed by atoms with Crippen LogP contribution < -0.4 is 11.2 Å². The van der Waals surface area contributed by atoms with Crippen molar-refractivity contribution in [2.75, 3.05) is 0 Å². The van der Waals surface area contributed by atoms with Crippen LogP contribution in [0.25, 0.3) is 11.0 Å². The molecular weight excluding hydrogens is 270 g/mol. The molecule has 0 unspecified atom stereocenters. The van der Waals surface area contributed by atoms with Crippen LogP contribution in [-0.2, 0) is 25.4 Å². The van der Waals surface area contributed by atoms with Crippen molar-refractivity contribution in [3.8, 4) is 0 Å². The first-order valence-electron chi connectivity index (χ1n) is 9.09. The summed E-state index contributed by atoms with van der Waals surface area (Å²) in [6.45, 7) is -1.38. The van der Waals surface area contributed by atoms with Crippen LogP contribution in [0.3, 0.4) is 0 Å². The molecule has 0 atom stereocenters. The van der Waals surface area contributed by atoms with Crippen LogP contribution in [0.4, 0.5) is 0 Å². The number of carbonyl (C=O) groups excluding carboxylic acids is 1. The van der Waals surface area contributed by atoms with Gasteiger partial charge in [-0.25, -0.2) is 4.79 Å². The summed E-state index contributed by atoms with van der Waals surface area (Å²) < 4.78 is 40.4. The van der Waals surface area contributed by atoms with Crippen molar-refractivity contribution in [2.45, 2.75) is 39.5 Å². The topological polar surface area (TPSA) is 66.0 Å². The zero-order valence-electron chi connectivity index (χ0n) is 17.3. The van der Waals surface area contributed by atoms with Gasteiger partial charge in [-0.15, -0.1) is 0 Å². The van der Waals surface area contributed by atoms with Gasteiger partial charge in [0.05, 0.1) is 5.39 Å². The van der Waals surface area contributed by atoms with Crippen molar-refractivity contribution in [3.05, 3.63) is 32.6 Å². The Bertz CT molecular complexity index is 982. The second-order valence-electron chi connectivity index (χ2n) is 5.03. The first-order valence-corrected chi connectivity index (χ1v) is 6.59. The molecule has 0 radical (unpaired) electrons. The lowest BCUT2D eigenvalue weighted by molar-refractivity contribution is -0.117. The zero-order chi connectivity index (χ0) is 20.0. The van der Waals surface area contributed by atoms with E-state index in [9.17, 15) is 14.4 Å². The molecule has 6 heteroatoms. The van der Waals surface area contributed by atoms with E-state index in [1.54, 1.807) is 24.7 Å². The third-order valence-electron chi connectivity index (χ3n) is 3.48. The highest BCUT2D eigenvalue weighted by Gasteiger charge is 2.15. The maximum absolute atomic E-state index is 12.7. The predicted octanol–water partition coefficient (Wildman–Crippen LogP) is 1.11. The third kappa shape index (κ3) is 2.70. The first-order chi connectivity index (χ1) is 11.8. The molecule has 0 saturated heterocycles. The van der Waals surface area contributed by atoms with Gasteiger partial charge in [0.15, 0.2) is 0 Å². The Kier molecular flexibility index (Phi) is 2.65. The normalized spacial score (nSPS) is 16.0. The summed E-state index contributed by atoms with van der Waals surface area (Å²) in [7, 11) is 3.27. The Hall–Kier alpha value is -2.11. The Labute approximate surface area is 129 Å². The van der Waals surface area contributed by atoms with Gasteiger partial charge in [-0.05, 0) is 32.2 Å². The van der Waals surface area contributed by atoms with E-state index in [2.05, 4.69) is 0 Å². The number of aryl methyl sites for hydroxylation is 3. The molecule has 0 amide bonds. The fraction of sp³-hybridized carbons (Fsp3) is 0.533. The van der Waals surface area contributed by atoms with E-state index in [1.807, 2.05) is 0 Å². The van der Waals surface area contributed by atoms with Crippen molar-refractivity contribution < 1.29 is 11.6 Å². The summed E-state index contributed by atoms with van der Waals surface area (Å²) >= 11 is 0. The van der Waals surface area contributed by atoms with Crippen LogP contribution in [0, 0.1) is 6.92 Å². The van der Waals surface area contributed by atoms with E-state index in [0.29, 0.717) is 16.6 Å². The molecule has 21 heavy (non-hydrogen) atoms. The molecule has 2 heterocycles. The number of hydrogen-bond acceptors (Lipinski definition) is 3. The van der Waals surface area contributed by atoms with Gasteiger partial charge in [0.2, 0.25) is 0 Å². The minimum absolute atomic E-state index is 0.0264. The van der Waals surface area contributed by atoms with Gasteiger partial charge >= 0.3 is 5.69 Å². The van der Waals surface area contributed by atoms with Gasteiger partial charge in [-0.3, -0.25) is 13.9 Å². The lowest BCUT2D eigenvalue weighted by Gasteiger charge is -2.09. The van der Waals surface area contributed by atoms with Gasteiger partial charge < -0.3 is 9.36 Å². The Morgan fingerprint density at radius 2 is 2.05 bits per heavy atom. The van der Waals surface area contributed by atoms with Crippen LogP contribution in [0.5, 0.6) is 0 Å². The number of nitrogens with zero attached hydrogens (tertiary/aromatic N) is 3. The molecule has 0 aliphatic heterocycles. The maximum atomic E-state index is 12.7. The van der Waals surface area contributed by atoms with Crippen LogP contribution in [-0.4, -0.2) is 19.5 Å². The van der Waals surface area contributed by atoms with Crippen molar-refractivity contribution in [1.82, 2.24) is 13.7 Å². The standard InChI is InChI=1S/C15H21N3O3/c1-10-9-16(3)13-12(10)14(20)18(15(21)17(13)4)8-6-5-7-11(2)19/h9H,5-8H2,1-4H3/i2D3,7D2. The number of ketones is 1. The molecule has 114 valence electrons. The minimum atomic E-state index is -3.03. The summed E-state index contributed by atoms with van der Waals surface area (Å²) in [6, 6.07) is 0. The highest BCUT2D eigenvalue weighted by atomic mass is 16.2.